The van der Waals surface area contributed by atoms with Crippen LogP contribution in [0, 0.1) is 23.1 Å². The van der Waals surface area contributed by atoms with E-state index >= 15 is 0 Å². The maximum atomic E-state index is 14.9. The fourth-order valence-electron chi connectivity index (χ4n) is 5.47. The van der Waals surface area contributed by atoms with Crippen molar-refractivity contribution < 1.29 is 37.1 Å². The molecule has 1 saturated heterocycles. The summed E-state index contributed by atoms with van der Waals surface area (Å²) in [5.74, 6) is -2.98. The second-order valence-electron chi connectivity index (χ2n) is 10.3. The van der Waals surface area contributed by atoms with E-state index in [1.165, 1.54) is 29.2 Å². The molecule has 204 valence electrons. The molecule has 0 aromatic heterocycles. The lowest BCUT2D eigenvalue weighted by molar-refractivity contribution is -0.165. The number of rotatable bonds is 5. The highest BCUT2D eigenvalue weighted by Gasteiger charge is 2.62. The first-order valence-corrected chi connectivity index (χ1v) is 12.4. The van der Waals surface area contributed by atoms with Crippen LogP contribution in [-0.2, 0) is 27.1 Å². The molecule has 2 N–H and O–H groups in total. The highest BCUT2D eigenvalue weighted by atomic mass is 19.4. The van der Waals surface area contributed by atoms with Crippen molar-refractivity contribution in [2.75, 3.05) is 11.4 Å². The molecule has 2 saturated carbocycles. The summed E-state index contributed by atoms with van der Waals surface area (Å²) in [6.07, 6.45) is -4.26. The first-order chi connectivity index (χ1) is 18.4. The molecular formula is C27H24F4N4O4. The molecule has 3 aliphatic rings. The maximum absolute atomic E-state index is 14.9. The molecule has 0 bridgehead atoms. The van der Waals surface area contributed by atoms with Crippen LogP contribution >= 0.6 is 0 Å². The third-order valence-electron chi connectivity index (χ3n) is 7.74. The second-order valence-corrected chi connectivity index (χ2v) is 10.3. The molecule has 0 radical (unpaired) electrons. The van der Waals surface area contributed by atoms with Gasteiger partial charge in [-0.15, -0.1) is 0 Å². The van der Waals surface area contributed by atoms with Gasteiger partial charge in [0.15, 0.2) is 0 Å². The predicted molar refractivity (Wildman–Crippen MR) is 128 cm³/mol. The number of nitrogens with one attached hydrogen (secondary N) is 1. The summed E-state index contributed by atoms with van der Waals surface area (Å²) in [4.78, 5) is 42.3. The molecule has 3 fully saturated rings. The minimum Gasteiger partial charge on any atom is -0.393 e. The van der Waals surface area contributed by atoms with Crippen molar-refractivity contribution in [3.05, 3.63) is 65.0 Å². The number of alkyl halides is 3. The van der Waals surface area contributed by atoms with Crippen LogP contribution < -0.4 is 10.2 Å². The molecule has 1 heterocycles. The standard InChI is InChI=1S/C27H24F4N4O4/c28-21-7-16(12-32)3-6-22(21)34-14-23(37)35(13-15-1-4-18(5-2-15)27(29,30)31)26(25(34)39)10-17(11-26)24(38)33-19-8-20(36)9-19/h1-7,17,19-20,36H,8-11,13-14H2,(H,33,38)/t17-,19-,20-,26-. The fourth-order valence-corrected chi connectivity index (χ4v) is 5.47. The van der Waals surface area contributed by atoms with Gasteiger partial charge in [-0.25, -0.2) is 4.39 Å². The Labute approximate surface area is 220 Å². The van der Waals surface area contributed by atoms with E-state index in [9.17, 15) is 37.1 Å². The number of hydrogen-bond donors (Lipinski definition) is 2. The zero-order chi connectivity index (χ0) is 28.1. The summed E-state index contributed by atoms with van der Waals surface area (Å²) < 4.78 is 53.9. The summed E-state index contributed by atoms with van der Waals surface area (Å²) in [7, 11) is 0. The average Bonchev–Trinajstić information content (AvgIpc) is 2.84. The second kappa shape index (κ2) is 9.64. The molecule has 8 nitrogen and oxygen atoms in total. The third-order valence-corrected chi connectivity index (χ3v) is 7.74. The number of nitriles is 1. The monoisotopic (exact) mass is 544 g/mol. The molecule has 2 aromatic carbocycles. The number of anilines is 1. The first kappa shape index (κ1) is 26.6. The van der Waals surface area contributed by atoms with Crippen molar-refractivity contribution in [1.29, 1.82) is 5.26 Å². The molecule has 5 rings (SSSR count). The number of halogens is 4. The van der Waals surface area contributed by atoms with Gasteiger partial charge in [0.05, 0.1) is 29.0 Å². The van der Waals surface area contributed by atoms with Gasteiger partial charge in [-0.1, -0.05) is 12.1 Å². The molecular weight excluding hydrogens is 520 g/mol. The van der Waals surface area contributed by atoms with E-state index in [0.29, 0.717) is 18.4 Å². The van der Waals surface area contributed by atoms with E-state index in [1.54, 1.807) is 6.07 Å². The number of aliphatic hydroxyl groups is 1. The highest BCUT2D eigenvalue weighted by molar-refractivity contribution is 6.10. The Morgan fingerprint density at radius 1 is 1.13 bits per heavy atom. The van der Waals surface area contributed by atoms with Gasteiger partial charge in [-0.05, 0) is 61.6 Å². The smallest absolute Gasteiger partial charge is 0.393 e. The highest BCUT2D eigenvalue weighted by Crippen LogP contribution is 2.48. The van der Waals surface area contributed by atoms with Gasteiger partial charge in [0.2, 0.25) is 11.8 Å². The number of aliphatic hydroxyl groups excluding tert-OH is 1. The molecule has 1 aliphatic heterocycles. The molecule has 2 aliphatic carbocycles. The number of carbonyl (C=O) groups excluding carboxylic acids is 3. The SMILES string of the molecule is N#Cc1ccc(N2CC(=O)N(Cc3ccc(C(F)(F)F)cc3)[C@]3(C[C@H](C(=O)N[C@H]4C[C@H](O)C4)C3)C2=O)c(F)c1. The van der Waals surface area contributed by atoms with Crippen molar-refractivity contribution in [3.63, 3.8) is 0 Å². The molecule has 0 unspecified atom stereocenters. The molecule has 3 amide bonds. The van der Waals surface area contributed by atoms with Crippen molar-refractivity contribution in [1.82, 2.24) is 10.2 Å². The largest absolute Gasteiger partial charge is 0.416 e. The summed E-state index contributed by atoms with van der Waals surface area (Å²) in [6, 6.07) is 9.37. The Morgan fingerprint density at radius 2 is 1.79 bits per heavy atom. The summed E-state index contributed by atoms with van der Waals surface area (Å²) in [5, 5.41) is 21.3. The van der Waals surface area contributed by atoms with Crippen LogP contribution in [0.1, 0.15) is 42.4 Å². The van der Waals surface area contributed by atoms with Crippen LogP contribution in [0.15, 0.2) is 42.5 Å². The van der Waals surface area contributed by atoms with Crippen LogP contribution in [0.3, 0.4) is 0 Å². The lowest BCUT2D eigenvalue weighted by Crippen LogP contribution is -2.74. The fraction of sp³-hybridized carbons (Fsp3) is 0.407. The average molecular weight is 545 g/mol. The Bertz CT molecular complexity index is 1360. The Hall–Kier alpha value is -3.98. The van der Waals surface area contributed by atoms with E-state index in [-0.39, 0.29) is 42.6 Å². The molecule has 2 aromatic rings. The number of hydrogen-bond acceptors (Lipinski definition) is 5. The van der Waals surface area contributed by atoms with Crippen LogP contribution in [0.2, 0.25) is 0 Å². The summed E-state index contributed by atoms with van der Waals surface area (Å²) in [5.41, 5.74) is -2.15. The van der Waals surface area contributed by atoms with Gasteiger partial charge < -0.3 is 15.3 Å². The van der Waals surface area contributed by atoms with Crippen molar-refractivity contribution in [2.45, 2.75) is 56.1 Å². The van der Waals surface area contributed by atoms with Crippen LogP contribution in [-0.4, -0.2) is 52.0 Å². The van der Waals surface area contributed by atoms with Gasteiger partial charge in [-0.3, -0.25) is 19.3 Å². The minimum atomic E-state index is -4.53. The van der Waals surface area contributed by atoms with Crippen LogP contribution in [0.5, 0.6) is 0 Å². The topological polar surface area (TPSA) is 114 Å². The van der Waals surface area contributed by atoms with Crippen molar-refractivity contribution in [3.8, 4) is 6.07 Å². The van der Waals surface area contributed by atoms with Gasteiger partial charge in [0.25, 0.3) is 5.91 Å². The van der Waals surface area contributed by atoms with E-state index in [4.69, 9.17) is 5.26 Å². The van der Waals surface area contributed by atoms with Crippen molar-refractivity contribution in [2.24, 2.45) is 5.92 Å². The van der Waals surface area contributed by atoms with Gasteiger partial charge in [0, 0.05) is 18.5 Å². The Balaban J connectivity index is 1.42. The zero-order valence-corrected chi connectivity index (χ0v) is 20.5. The molecule has 39 heavy (non-hydrogen) atoms. The summed E-state index contributed by atoms with van der Waals surface area (Å²) >= 11 is 0. The lowest BCUT2D eigenvalue weighted by atomic mass is 9.64. The number of carbonyl (C=O) groups is 3. The van der Waals surface area contributed by atoms with Crippen molar-refractivity contribution >= 4 is 23.4 Å². The van der Waals surface area contributed by atoms with E-state index in [2.05, 4.69) is 5.32 Å². The van der Waals surface area contributed by atoms with Crippen LogP contribution in [0.4, 0.5) is 23.2 Å². The number of amides is 3. The number of benzene rings is 2. The number of nitrogens with zero attached hydrogens (tertiary/aromatic N) is 3. The van der Waals surface area contributed by atoms with Gasteiger partial charge in [-0.2, -0.15) is 18.4 Å². The van der Waals surface area contributed by atoms with E-state index in [1.807, 2.05) is 0 Å². The molecule has 0 atom stereocenters. The maximum Gasteiger partial charge on any atom is 0.416 e. The molecule has 12 heteroatoms. The zero-order valence-electron chi connectivity index (χ0n) is 20.5. The Kier molecular flexibility index (Phi) is 6.58. The minimum absolute atomic E-state index is 0.0344. The lowest BCUT2D eigenvalue weighted by Gasteiger charge is -2.56. The predicted octanol–water partition coefficient (Wildman–Crippen LogP) is 2.88. The van der Waals surface area contributed by atoms with Crippen LogP contribution in [0.25, 0.3) is 0 Å². The summed E-state index contributed by atoms with van der Waals surface area (Å²) in [6.45, 7) is -0.684. The molecule has 1 spiro atoms. The Morgan fingerprint density at radius 3 is 2.36 bits per heavy atom. The van der Waals surface area contributed by atoms with E-state index < -0.39 is 53.5 Å². The third kappa shape index (κ3) is 4.83. The normalized spacial score (nSPS) is 26.6. The van der Waals surface area contributed by atoms with Gasteiger partial charge in [0.1, 0.15) is 17.9 Å². The van der Waals surface area contributed by atoms with E-state index in [0.717, 1.165) is 23.1 Å². The van der Waals surface area contributed by atoms with Gasteiger partial charge >= 0.3 is 6.18 Å². The first-order valence-electron chi connectivity index (χ1n) is 12.4. The number of piperazine rings is 1. The quantitative estimate of drug-likeness (QED) is 0.562.